The lowest BCUT2D eigenvalue weighted by Crippen LogP contribution is -2.40. The van der Waals surface area contributed by atoms with Crippen molar-refractivity contribution in [1.82, 2.24) is 14.5 Å². The van der Waals surface area contributed by atoms with Crippen LogP contribution < -0.4 is 5.73 Å². The molecule has 0 aliphatic heterocycles. The second kappa shape index (κ2) is 5.56. The number of carbonyl (C=O) groups excluding carboxylic acids is 1. The third-order valence-corrected chi connectivity index (χ3v) is 4.62. The fraction of sp³-hybridized carbons (Fsp3) is 0.733. The number of nitrogens with zero attached hydrogens (tertiary/aromatic N) is 3. The minimum atomic E-state index is 0.177. The molecule has 0 saturated heterocycles. The highest BCUT2D eigenvalue weighted by molar-refractivity contribution is 5.79. The maximum atomic E-state index is 12.8. The summed E-state index contributed by atoms with van der Waals surface area (Å²) in [4.78, 5) is 19.2. The number of aromatic nitrogens is 2. The summed E-state index contributed by atoms with van der Waals surface area (Å²) in [6, 6.07) is 0.734. The number of aryl methyl sites for hydroxylation is 1. The van der Waals surface area contributed by atoms with Crippen molar-refractivity contribution in [2.75, 3.05) is 0 Å². The van der Waals surface area contributed by atoms with Gasteiger partial charge in [0.2, 0.25) is 5.91 Å². The van der Waals surface area contributed by atoms with Gasteiger partial charge in [0.15, 0.2) is 0 Å². The molecule has 0 spiro atoms. The number of imidazole rings is 1. The van der Waals surface area contributed by atoms with Crippen LogP contribution in [0.4, 0.5) is 0 Å². The quantitative estimate of drug-likeness (QED) is 0.904. The first-order valence-corrected chi connectivity index (χ1v) is 7.67. The minimum absolute atomic E-state index is 0.177. The second-order valence-corrected chi connectivity index (χ2v) is 6.26. The summed E-state index contributed by atoms with van der Waals surface area (Å²) >= 11 is 0. The van der Waals surface area contributed by atoms with Gasteiger partial charge in [-0.3, -0.25) is 4.79 Å². The molecular weight excluding hydrogens is 252 g/mol. The van der Waals surface area contributed by atoms with Crippen LogP contribution in [0.1, 0.15) is 44.3 Å². The van der Waals surface area contributed by atoms with Crippen molar-refractivity contribution in [3.8, 4) is 0 Å². The molecule has 1 heterocycles. The lowest BCUT2D eigenvalue weighted by Gasteiger charge is -2.31. The summed E-state index contributed by atoms with van der Waals surface area (Å²) < 4.78 is 2.00. The van der Waals surface area contributed by atoms with Crippen molar-refractivity contribution in [2.24, 2.45) is 18.7 Å². The van der Waals surface area contributed by atoms with Crippen LogP contribution in [0.2, 0.25) is 0 Å². The molecule has 2 fully saturated rings. The maximum absolute atomic E-state index is 12.8. The summed E-state index contributed by atoms with van der Waals surface area (Å²) in [6.45, 7) is 0.648. The first kappa shape index (κ1) is 13.6. The lowest BCUT2D eigenvalue weighted by atomic mass is 9.85. The van der Waals surface area contributed by atoms with Crippen molar-refractivity contribution in [3.63, 3.8) is 0 Å². The zero-order valence-electron chi connectivity index (χ0n) is 12.2. The topological polar surface area (TPSA) is 64.2 Å². The van der Waals surface area contributed by atoms with Crippen molar-refractivity contribution >= 4 is 5.91 Å². The molecule has 0 radical (unpaired) electrons. The Morgan fingerprint density at radius 3 is 2.60 bits per heavy atom. The normalized spacial score (nSPS) is 26.5. The SMILES string of the molecule is Cn1ccnc1CN(C(=O)C1CCC(N)CC1)C1CC1. The van der Waals surface area contributed by atoms with E-state index in [1.54, 1.807) is 6.20 Å². The Hall–Kier alpha value is -1.36. The highest BCUT2D eigenvalue weighted by Gasteiger charge is 2.37. The average Bonchev–Trinajstić information content (AvgIpc) is 3.20. The number of nitrogens with two attached hydrogens (primary N) is 1. The molecule has 1 aromatic heterocycles. The largest absolute Gasteiger partial charge is 0.337 e. The van der Waals surface area contributed by atoms with E-state index in [0.29, 0.717) is 24.5 Å². The molecule has 2 saturated carbocycles. The third-order valence-electron chi connectivity index (χ3n) is 4.62. The minimum Gasteiger partial charge on any atom is -0.337 e. The molecule has 3 rings (SSSR count). The molecular formula is C15H24N4O. The van der Waals surface area contributed by atoms with Crippen molar-refractivity contribution in [3.05, 3.63) is 18.2 Å². The highest BCUT2D eigenvalue weighted by atomic mass is 16.2. The van der Waals surface area contributed by atoms with Gasteiger partial charge in [0.25, 0.3) is 0 Å². The molecule has 0 unspecified atom stereocenters. The average molecular weight is 276 g/mol. The van der Waals surface area contributed by atoms with Crippen LogP contribution in [0.3, 0.4) is 0 Å². The molecule has 110 valence electrons. The number of carbonyl (C=O) groups is 1. The van der Waals surface area contributed by atoms with Crippen LogP contribution in [-0.2, 0) is 18.4 Å². The molecule has 2 N–H and O–H groups in total. The highest BCUT2D eigenvalue weighted by Crippen LogP contribution is 2.33. The van der Waals surface area contributed by atoms with E-state index in [2.05, 4.69) is 9.88 Å². The monoisotopic (exact) mass is 276 g/mol. The van der Waals surface area contributed by atoms with Gasteiger partial charge in [0, 0.05) is 37.4 Å². The Labute approximate surface area is 120 Å². The summed E-state index contributed by atoms with van der Waals surface area (Å²) in [6.07, 6.45) is 9.88. The van der Waals surface area contributed by atoms with Gasteiger partial charge in [-0.15, -0.1) is 0 Å². The van der Waals surface area contributed by atoms with Gasteiger partial charge >= 0.3 is 0 Å². The van der Waals surface area contributed by atoms with E-state index >= 15 is 0 Å². The first-order valence-electron chi connectivity index (χ1n) is 7.67. The van der Waals surface area contributed by atoms with Gasteiger partial charge in [0.1, 0.15) is 5.82 Å². The van der Waals surface area contributed by atoms with E-state index in [1.807, 2.05) is 17.8 Å². The van der Waals surface area contributed by atoms with Crippen molar-refractivity contribution in [1.29, 1.82) is 0 Å². The molecule has 2 aliphatic rings. The summed E-state index contributed by atoms with van der Waals surface area (Å²) in [5.41, 5.74) is 5.94. The Morgan fingerprint density at radius 1 is 1.35 bits per heavy atom. The molecule has 0 bridgehead atoms. The summed E-state index contributed by atoms with van der Waals surface area (Å²) in [5, 5.41) is 0. The summed E-state index contributed by atoms with van der Waals surface area (Å²) in [5.74, 6) is 1.47. The van der Waals surface area contributed by atoms with Crippen LogP contribution in [0, 0.1) is 5.92 Å². The Bertz CT molecular complexity index is 472. The van der Waals surface area contributed by atoms with Crippen LogP contribution in [-0.4, -0.2) is 32.4 Å². The smallest absolute Gasteiger partial charge is 0.226 e. The van der Waals surface area contributed by atoms with Crippen LogP contribution in [0.25, 0.3) is 0 Å². The fourth-order valence-electron chi connectivity index (χ4n) is 3.08. The predicted octanol–water partition coefficient (Wildman–Crippen LogP) is 1.43. The number of rotatable bonds is 4. The number of hydrogen-bond acceptors (Lipinski definition) is 3. The molecule has 0 atom stereocenters. The molecule has 1 amide bonds. The second-order valence-electron chi connectivity index (χ2n) is 6.26. The Kier molecular flexibility index (Phi) is 3.78. The van der Waals surface area contributed by atoms with Crippen LogP contribution in [0.5, 0.6) is 0 Å². The standard InChI is InChI=1S/C15H24N4O/c1-18-9-8-17-14(18)10-19(13-6-7-13)15(20)11-2-4-12(16)5-3-11/h8-9,11-13H,2-7,10,16H2,1H3. The third kappa shape index (κ3) is 2.87. The van der Waals surface area contributed by atoms with Crippen molar-refractivity contribution < 1.29 is 4.79 Å². The number of hydrogen-bond donors (Lipinski definition) is 1. The number of amides is 1. The van der Waals surface area contributed by atoms with E-state index in [0.717, 1.165) is 44.3 Å². The van der Waals surface area contributed by atoms with Gasteiger partial charge in [-0.1, -0.05) is 0 Å². The molecule has 20 heavy (non-hydrogen) atoms. The summed E-state index contributed by atoms with van der Waals surface area (Å²) in [7, 11) is 1.98. The van der Waals surface area contributed by atoms with Crippen LogP contribution >= 0.6 is 0 Å². The van der Waals surface area contributed by atoms with Crippen LogP contribution in [0.15, 0.2) is 12.4 Å². The first-order chi connectivity index (χ1) is 9.65. The van der Waals surface area contributed by atoms with Gasteiger partial charge in [-0.05, 0) is 38.5 Å². The molecule has 5 heteroatoms. The fourth-order valence-corrected chi connectivity index (χ4v) is 3.08. The van der Waals surface area contributed by atoms with E-state index < -0.39 is 0 Å². The van der Waals surface area contributed by atoms with E-state index in [-0.39, 0.29) is 5.92 Å². The Morgan fingerprint density at radius 2 is 2.05 bits per heavy atom. The van der Waals surface area contributed by atoms with Gasteiger partial charge in [-0.2, -0.15) is 0 Å². The lowest BCUT2D eigenvalue weighted by molar-refractivity contribution is -0.138. The van der Waals surface area contributed by atoms with Gasteiger partial charge in [-0.25, -0.2) is 4.98 Å². The Balaban J connectivity index is 1.67. The molecule has 0 aromatic carbocycles. The molecule has 2 aliphatic carbocycles. The van der Waals surface area contributed by atoms with Gasteiger partial charge in [0.05, 0.1) is 6.54 Å². The zero-order chi connectivity index (χ0) is 14.1. The zero-order valence-corrected chi connectivity index (χ0v) is 12.2. The maximum Gasteiger partial charge on any atom is 0.226 e. The molecule has 1 aromatic rings. The molecule has 5 nitrogen and oxygen atoms in total. The van der Waals surface area contributed by atoms with Crippen molar-refractivity contribution in [2.45, 2.75) is 57.2 Å². The van der Waals surface area contributed by atoms with Gasteiger partial charge < -0.3 is 15.2 Å². The predicted molar refractivity (Wildman–Crippen MR) is 76.7 cm³/mol. The van der Waals surface area contributed by atoms with E-state index in [9.17, 15) is 4.79 Å². The van der Waals surface area contributed by atoms with E-state index in [1.165, 1.54) is 0 Å². The van der Waals surface area contributed by atoms with E-state index in [4.69, 9.17) is 5.73 Å².